The summed E-state index contributed by atoms with van der Waals surface area (Å²) in [7, 11) is 0. The van der Waals surface area contributed by atoms with Gasteiger partial charge in [0.05, 0.1) is 22.4 Å². The molecule has 7 aromatic carbocycles. The molecule has 0 radical (unpaired) electrons. The molecule has 9 rings (SSSR count). The van der Waals surface area contributed by atoms with Crippen molar-refractivity contribution in [3.63, 3.8) is 0 Å². The summed E-state index contributed by atoms with van der Waals surface area (Å²) in [5.41, 5.74) is 9.24. The first kappa shape index (κ1) is 25.1. The molecular weight excluding hydrogens is 539 g/mol. The van der Waals surface area contributed by atoms with Crippen molar-refractivity contribution < 1.29 is 4.39 Å². The molecule has 1 aromatic heterocycles. The van der Waals surface area contributed by atoms with Gasteiger partial charge in [-0.15, -0.1) is 0 Å². The van der Waals surface area contributed by atoms with Crippen LogP contribution in [0.5, 0.6) is 0 Å². The van der Waals surface area contributed by atoms with Crippen LogP contribution in [0.1, 0.15) is 25.0 Å². The quantitative estimate of drug-likeness (QED) is 0.192. The lowest BCUT2D eigenvalue weighted by molar-refractivity contribution is 0.628. The highest BCUT2D eigenvalue weighted by Gasteiger charge is 2.34. The third-order valence-electron chi connectivity index (χ3n) is 9.59. The van der Waals surface area contributed by atoms with Gasteiger partial charge in [-0.3, -0.25) is 0 Å². The van der Waals surface area contributed by atoms with Gasteiger partial charge in [0.2, 0.25) is 0 Å². The van der Waals surface area contributed by atoms with Crippen molar-refractivity contribution in [2.75, 3.05) is 4.90 Å². The zero-order valence-electron chi connectivity index (χ0n) is 24.6. The lowest BCUT2D eigenvalue weighted by atomic mass is 9.75. The molecule has 210 valence electrons. The monoisotopic (exact) mass is 568 g/mol. The summed E-state index contributed by atoms with van der Waals surface area (Å²) in [5, 5.41) is 7.17. The standard InChI is InChI=1S/C41H29FN2/c1-41(2)35-15-7-8-17-38(35)44-37-23-22-29(25-34(37)33-14-9-16-36(41)40(33)44)43(28-20-18-27(42)19-21-28)39-24-26-10-3-4-11-30(26)31-12-5-6-13-32(31)39/h3-25H,1-2H3. The number of nitrogens with zero attached hydrogens (tertiary/aromatic N) is 2. The molecule has 8 aromatic rings. The van der Waals surface area contributed by atoms with Crippen molar-refractivity contribution in [2.24, 2.45) is 0 Å². The van der Waals surface area contributed by atoms with Gasteiger partial charge in [-0.2, -0.15) is 0 Å². The Labute approximate surface area is 255 Å². The molecule has 0 N–H and O–H groups in total. The number of anilines is 3. The van der Waals surface area contributed by atoms with Gasteiger partial charge >= 0.3 is 0 Å². The van der Waals surface area contributed by atoms with Gasteiger partial charge < -0.3 is 9.47 Å². The van der Waals surface area contributed by atoms with Crippen LogP contribution in [0.4, 0.5) is 21.5 Å². The number of para-hydroxylation sites is 2. The second kappa shape index (κ2) is 9.05. The molecule has 1 aliphatic heterocycles. The van der Waals surface area contributed by atoms with Crippen molar-refractivity contribution in [3.8, 4) is 5.69 Å². The number of rotatable bonds is 3. The topological polar surface area (TPSA) is 8.17 Å². The molecule has 0 saturated heterocycles. The van der Waals surface area contributed by atoms with E-state index in [1.165, 1.54) is 54.8 Å². The van der Waals surface area contributed by atoms with E-state index in [4.69, 9.17) is 0 Å². The first-order valence-electron chi connectivity index (χ1n) is 15.1. The van der Waals surface area contributed by atoms with Crippen molar-refractivity contribution >= 4 is 60.4 Å². The second-order valence-electron chi connectivity index (χ2n) is 12.4. The molecule has 1 aliphatic rings. The first-order chi connectivity index (χ1) is 21.5. The van der Waals surface area contributed by atoms with Crippen LogP contribution in [0.2, 0.25) is 0 Å². The number of aromatic nitrogens is 1. The van der Waals surface area contributed by atoms with Gasteiger partial charge in [-0.05, 0) is 81.9 Å². The molecule has 0 unspecified atom stereocenters. The average molecular weight is 569 g/mol. The molecular formula is C41H29FN2. The highest BCUT2D eigenvalue weighted by atomic mass is 19.1. The van der Waals surface area contributed by atoms with Gasteiger partial charge in [0, 0.05) is 32.9 Å². The van der Waals surface area contributed by atoms with Gasteiger partial charge in [-0.1, -0.05) is 98.8 Å². The van der Waals surface area contributed by atoms with Gasteiger partial charge in [-0.25, -0.2) is 4.39 Å². The Morgan fingerprint density at radius 3 is 2.05 bits per heavy atom. The number of halogens is 1. The Hall–Kier alpha value is -5.41. The van der Waals surface area contributed by atoms with Gasteiger partial charge in [0.15, 0.2) is 0 Å². The number of hydrogen-bond acceptors (Lipinski definition) is 1. The summed E-state index contributed by atoms with van der Waals surface area (Å²) in [5.74, 6) is -0.247. The van der Waals surface area contributed by atoms with E-state index in [-0.39, 0.29) is 11.2 Å². The maximum absolute atomic E-state index is 14.2. The Kier molecular flexibility index (Phi) is 5.16. The van der Waals surface area contributed by atoms with Crippen LogP contribution in [0, 0.1) is 5.82 Å². The largest absolute Gasteiger partial charge is 0.310 e. The van der Waals surface area contributed by atoms with Crippen LogP contribution in [-0.2, 0) is 5.41 Å². The average Bonchev–Trinajstić information content (AvgIpc) is 3.39. The predicted octanol–water partition coefficient (Wildman–Crippen LogP) is 11.3. The molecule has 0 atom stereocenters. The predicted molar refractivity (Wildman–Crippen MR) is 183 cm³/mol. The normalized spacial score (nSPS) is 13.5. The minimum Gasteiger partial charge on any atom is -0.310 e. The van der Waals surface area contributed by atoms with E-state index in [9.17, 15) is 4.39 Å². The number of hydrogen-bond donors (Lipinski definition) is 0. The van der Waals surface area contributed by atoms with Crippen molar-refractivity contribution in [3.05, 3.63) is 156 Å². The fourth-order valence-electron chi connectivity index (χ4n) is 7.53. The van der Waals surface area contributed by atoms with Crippen LogP contribution in [-0.4, -0.2) is 4.57 Å². The van der Waals surface area contributed by atoms with Gasteiger partial charge in [0.1, 0.15) is 5.82 Å². The van der Waals surface area contributed by atoms with E-state index in [1.54, 1.807) is 12.1 Å². The lowest BCUT2D eigenvalue weighted by Gasteiger charge is -2.34. The molecule has 0 fully saturated rings. The molecule has 0 saturated carbocycles. The van der Waals surface area contributed by atoms with Crippen LogP contribution < -0.4 is 4.90 Å². The zero-order valence-corrected chi connectivity index (χ0v) is 24.6. The SMILES string of the molecule is CC1(C)c2ccccc2-n2c3ccc(N(c4ccc(F)cc4)c4cc5ccccc5c5ccccc45)cc3c3cccc1c32. The summed E-state index contributed by atoms with van der Waals surface area (Å²) >= 11 is 0. The highest BCUT2D eigenvalue weighted by Crippen LogP contribution is 2.49. The fraction of sp³-hybridized carbons (Fsp3) is 0.0732. The van der Waals surface area contributed by atoms with E-state index in [0.717, 1.165) is 22.4 Å². The summed E-state index contributed by atoms with van der Waals surface area (Å²) in [6.07, 6.45) is 0. The summed E-state index contributed by atoms with van der Waals surface area (Å²) in [6.45, 7) is 4.66. The van der Waals surface area contributed by atoms with Crippen molar-refractivity contribution in [2.45, 2.75) is 19.3 Å². The smallest absolute Gasteiger partial charge is 0.123 e. The Morgan fingerprint density at radius 2 is 1.20 bits per heavy atom. The molecule has 0 amide bonds. The Bertz CT molecular complexity index is 2430. The zero-order chi connectivity index (χ0) is 29.6. The van der Waals surface area contributed by atoms with Crippen LogP contribution >= 0.6 is 0 Å². The Morgan fingerprint density at radius 1 is 0.545 bits per heavy atom. The summed E-state index contributed by atoms with van der Waals surface area (Å²) in [6, 6.07) is 48.5. The van der Waals surface area contributed by atoms with Gasteiger partial charge in [0.25, 0.3) is 0 Å². The van der Waals surface area contributed by atoms with E-state index < -0.39 is 0 Å². The van der Waals surface area contributed by atoms with E-state index in [1.807, 2.05) is 12.1 Å². The molecule has 0 bridgehead atoms. The highest BCUT2D eigenvalue weighted by molar-refractivity contribution is 6.16. The second-order valence-corrected chi connectivity index (χ2v) is 12.4. The van der Waals surface area contributed by atoms with Crippen molar-refractivity contribution in [1.82, 2.24) is 4.57 Å². The summed E-state index contributed by atoms with van der Waals surface area (Å²) < 4.78 is 16.7. The van der Waals surface area contributed by atoms with E-state index in [0.29, 0.717) is 0 Å². The van der Waals surface area contributed by atoms with Crippen LogP contribution in [0.15, 0.2) is 140 Å². The molecule has 2 heterocycles. The number of benzene rings is 7. The molecule has 2 nitrogen and oxygen atoms in total. The van der Waals surface area contributed by atoms with Crippen LogP contribution in [0.25, 0.3) is 49.0 Å². The maximum atomic E-state index is 14.2. The fourth-order valence-corrected chi connectivity index (χ4v) is 7.53. The molecule has 0 aliphatic carbocycles. The van der Waals surface area contributed by atoms with E-state index >= 15 is 0 Å². The summed E-state index contributed by atoms with van der Waals surface area (Å²) in [4.78, 5) is 2.28. The maximum Gasteiger partial charge on any atom is 0.123 e. The molecule has 44 heavy (non-hydrogen) atoms. The lowest BCUT2D eigenvalue weighted by Crippen LogP contribution is -2.26. The third-order valence-corrected chi connectivity index (χ3v) is 9.59. The van der Waals surface area contributed by atoms with Crippen LogP contribution in [0.3, 0.4) is 0 Å². The first-order valence-corrected chi connectivity index (χ1v) is 15.1. The Balaban J connectivity index is 1.37. The minimum atomic E-state index is -0.247. The third kappa shape index (κ3) is 3.41. The molecule has 3 heteroatoms. The number of fused-ring (bicyclic) bond motifs is 8. The van der Waals surface area contributed by atoms with E-state index in [2.05, 4.69) is 139 Å². The molecule has 0 spiro atoms. The van der Waals surface area contributed by atoms with Crippen molar-refractivity contribution in [1.29, 1.82) is 0 Å². The minimum absolute atomic E-state index is 0.118.